The molecule has 4 aromatic rings. The van der Waals surface area contributed by atoms with E-state index < -0.39 is 0 Å². The third kappa shape index (κ3) is 4.41. The van der Waals surface area contributed by atoms with Crippen molar-refractivity contribution >= 4 is 28.1 Å². The Morgan fingerprint density at radius 1 is 1.12 bits per heavy atom. The second-order valence-electron chi connectivity index (χ2n) is 9.01. The van der Waals surface area contributed by atoms with Crippen molar-refractivity contribution in [1.82, 2.24) is 19.9 Å². The van der Waals surface area contributed by atoms with E-state index >= 15 is 0 Å². The zero-order chi connectivity index (χ0) is 23.7. The number of nitrogen functional groups attached to an aromatic ring is 1. The van der Waals surface area contributed by atoms with Gasteiger partial charge in [-0.25, -0.2) is 14.4 Å². The average molecular weight is 453 g/mol. The molecule has 0 saturated carbocycles. The highest BCUT2D eigenvalue weighted by Gasteiger charge is 2.29. The van der Waals surface area contributed by atoms with Gasteiger partial charge in [0.1, 0.15) is 18.0 Å². The monoisotopic (exact) mass is 452 g/mol. The fourth-order valence-electron chi connectivity index (χ4n) is 4.30. The number of pyridine rings is 1. The topological polar surface area (TPSA) is 80.0 Å². The van der Waals surface area contributed by atoms with Crippen LogP contribution < -0.4 is 11.1 Å². The summed E-state index contributed by atoms with van der Waals surface area (Å²) in [4.78, 5) is 15.4. The van der Waals surface area contributed by atoms with Crippen LogP contribution in [0, 0.1) is 23.1 Å². The molecule has 7 heteroatoms. The second-order valence-corrected chi connectivity index (χ2v) is 9.01. The van der Waals surface area contributed by atoms with E-state index in [-0.39, 0.29) is 11.2 Å². The summed E-state index contributed by atoms with van der Waals surface area (Å²) >= 11 is 0. The fourth-order valence-corrected chi connectivity index (χ4v) is 4.30. The van der Waals surface area contributed by atoms with Crippen molar-refractivity contribution < 1.29 is 4.39 Å². The molecule has 1 saturated heterocycles. The van der Waals surface area contributed by atoms with Crippen LogP contribution >= 0.6 is 0 Å². The van der Waals surface area contributed by atoms with E-state index in [4.69, 9.17) is 5.73 Å². The lowest BCUT2D eigenvalue weighted by Gasteiger charge is -2.15. The average Bonchev–Trinajstić information content (AvgIpc) is 3.17. The molecule has 2 aromatic carbocycles. The van der Waals surface area contributed by atoms with Crippen molar-refractivity contribution in [3.05, 3.63) is 72.4 Å². The molecule has 2 aromatic heterocycles. The summed E-state index contributed by atoms with van der Waals surface area (Å²) in [7, 11) is 2.12. The number of aromatic nitrogens is 3. The number of nitrogens with two attached hydrogens (primary N) is 1. The summed E-state index contributed by atoms with van der Waals surface area (Å²) in [5, 5.41) is 4.08. The summed E-state index contributed by atoms with van der Waals surface area (Å²) < 4.78 is 14.2. The number of nitrogens with one attached hydrogen (secondary N) is 1. The summed E-state index contributed by atoms with van der Waals surface area (Å²) in [6.07, 6.45) is 4.18. The van der Waals surface area contributed by atoms with E-state index in [1.54, 1.807) is 36.5 Å². The van der Waals surface area contributed by atoms with Crippen molar-refractivity contribution in [2.24, 2.45) is 5.41 Å². The Hall–Kier alpha value is -4.02. The highest BCUT2D eigenvalue weighted by molar-refractivity contribution is 5.94. The maximum absolute atomic E-state index is 14.2. The molecular formula is C27H25FN6. The van der Waals surface area contributed by atoms with Crippen molar-refractivity contribution in [3.63, 3.8) is 0 Å². The zero-order valence-corrected chi connectivity index (χ0v) is 19.1. The van der Waals surface area contributed by atoms with E-state index in [1.807, 2.05) is 12.1 Å². The molecule has 3 N–H and O–H groups in total. The predicted octanol–water partition coefficient (Wildman–Crippen LogP) is 4.85. The van der Waals surface area contributed by atoms with E-state index in [2.05, 4.69) is 51.0 Å². The first kappa shape index (κ1) is 21.8. The largest absolute Gasteiger partial charge is 0.398 e. The van der Waals surface area contributed by atoms with Crippen molar-refractivity contribution in [1.29, 1.82) is 0 Å². The molecule has 5 rings (SSSR count). The number of anilines is 3. The van der Waals surface area contributed by atoms with Gasteiger partial charge in [-0.2, -0.15) is 0 Å². The van der Waals surface area contributed by atoms with Gasteiger partial charge in [-0.15, -0.1) is 0 Å². The zero-order valence-electron chi connectivity index (χ0n) is 19.1. The standard InChI is InChI=1S/C27H25FN6/c1-27(10-12-34(2)16-27)9-7-18-13-24-21(15-23(18)29)26(32-17-31-24)33-19-8-11-30-25(14-19)20-5-3-4-6-22(20)28/h3-6,8,11,13-15,17H,10,12,16,29H2,1-2H3,(H,30,31,32,33). The van der Waals surface area contributed by atoms with Gasteiger partial charge in [0.05, 0.1) is 11.2 Å². The molecule has 6 nitrogen and oxygen atoms in total. The highest BCUT2D eigenvalue weighted by Crippen LogP contribution is 2.31. The highest BCUT2D eigenvalue weighted by atomic mass is 19.1. The normalized spacial score (nSPS) is 18.0. The van der Waals surface area contributed by atoms with Crippen LogP contribution in [-0.2, 0) is 0 Å². The lowest BCUT2D eigenvalue weighted by Crippen LogP contribution is -2.20. The van der Waals surface area contributed by atoms with E-state index in [0.717, 1.165) is 41.7 Å². The van der Waals surface area contributed by atoms with E-state index in [9.17, 15) is 4.39 Å². The molecule has 3 heterocycles. The number of rotatable bonds is 3. The van der Waals surface area contributed by atoms with Crippen LogP contribution in [0.2, 0.25) is 0 Å². The van der Waals surface area contributed by atoms with Crippen molar-refractivity contribution in [2.45, 2.75) is 13.3 Å². The van der Waals surface area contributed by atoms with Crippen LogP contribution in [0.3, 0.4) is 0 Å². The van der Waals surface area contributed by atoms with E-state index in [1.165, 1.54) is 12.4 Å². The molecule has 1 aliphatic rings. The Bertz CT molecular complexity index is 1440. The Balaban J connectivity index is 1.46. The Morgan fingerprint density at radius 2 is 1.97 bits per heavy atom. The van der Waals surface area contributed by atoms with Crippen LogP contribution in [0.15, 0.2) is 61.1 Å². The summed E-state index contributed by atoms with van der Waals surface area (Å²) in [6.45, 7) is 4.19. The number of fused-ring (bicyclic) bond motifs is 1. The van der Waals surface area contributed by atoms with Crippen LogP contribution in [0.25, 0.3) is 22.2 Å². The molecule has 170 valence electrons. The number of nitrogens with zero attached hydrogens (tertiary/aromatic N) is 4. The molecule has 0 spiro atoms. The second kappa shape index (κ2) is 8.73. The lowest BCUT2D eigenvalue weighted by atomic mass is 9.90. The number of hydrogen-bond donors (Lipinski definition) is 2. The number of benzene rings is 2. The first-order chi connectivity index (χ1) is 16.4. The van der Waals surface area contributed by atoms with Gasteiger partial charge in [0.2, 0.25) is 0 Å². The molecule has 1 aliphatic heterocycles. The molecule has 1 unspecified atom stereocenters. The molecule has 1 atom stereocenters. The maximum atomic E-state index is 14.2. The molecular weight excluding hydrogens is 427 g/mol. The van der Waals surface area contributed by atoms with Gasteiger partial charge >= 0.3 is 0 Å². The first-order valence-electron chi connectivity index (χ1n) is 11.1. The maximum Gasteiger partial charge on any atom is 0.141 e. The van der Waals surface area contributed by atoms with Crippen LogP contribution in [-0.4, -0.2) is 40.0 Å². The molecule has 0 bridgehead atoms. The Labute approximate surface area is 198 Å². The van der Waals surface area contributed by atoms with Crippen LogP contribution in [0.4, 0.5) is 21.6 Å². The van der Waals surface area contributed by atoms with Gasteiger partial charge in [-0.1, -0.05) is 24.0 Å². The molecule has 34 heavy (non-hydrogen) atoms. The van der Waals surface area contributed by atoms with Gasteiger partial charge in [0.15, 0.2) is 0 Å². The number of likely N-dealkylation sites (tertiary alicyclic amines) is 1. The fraction of sp³-hybridized carbons (Fsp3) is 0.222. The Morgan fingerprint density at radius 3 is 2.76 bits per heavy atom. The van der Waals surface area contributed by atoms with Crippen LogP contribution in [0.1, 0.15) is 18.9 Å². The Kier molecular flexibility index (Phi) is 5.60. The van der Waals surface area contributed by atoms with Gasteiger partial charge in [-0.05, 0) is 63.3 Å². The number of halogens is 1. The summed E-state index contributed by atoms with van der Waals surface area (Å²) in [5.41, 5.74) is 10.1. The summed E-state index contributed by atoms with van der Waals surface area (Å²) in [5.74, 6) is 6.99. The molecule has 0 aliphatic carbocycles. The minimum atomic E-state index is -0.320. The van der Waals surface area contributed by atoms with Crippen molar-refractivity contribution in [2.75, 3.05) is 31.2 Å². The quantitative estimate of drug-likeness (QED) is 0.342. The van der Waals surface area contributed by atoms with Gasteiger partial charge < -0.3 is 16.0 Å². The minimum absolute atomic E-state index is 0.0359. The SMILES string of the molecule is CN1CCC(C)(C#Cc2cc3ncnc(Nc4ccnc(-c5ccccc5F)c4)c3cc2N)C1. The molecule has 0 radical (unpaired) electrons. The van der Waals surface area contributed by atoms with Crippen molar-refractivity contribution in [3.8, 4) is 23.1 Å². The molecule has 0 amide bonds. The molecule has 1 fully saturated rings. The minimum Gasteiger partial charge on any atom is -0.398 e. The van der Waals surface area contributed by atoms with Gasteiger partial charge in [0, 0.05) is 46.0 Å². The summed E-state index contributed by atoms with van der Waals surface area (Å²) in [6, 6.07) is 13.9. The van der Waals surface area contributed by atoms with Gasteiger partial charge in [0.25, 0.3) is 0 Å². The number of hydrogen-bond acceptors (Lipinski definition) is 6. The van der Waals surface area contributed by atoms with E-state index in [0.29, 0.717) is 22.8 Å². The predicted molar refractivity (Wildman–Crippen MR) is 134 cm³/mol. The van der Waals surface area contributed by atoms with Crippen LogP contribution in [0.5, 0.6) is 0 Å². The third-order valence-corrected chi connectivity index (χ3v) is 6.14. The van der Waals surface area contributed by atoms with Gasteiger partial charge in [-0.3, -0.25) is 4.98 Å². The lowest BCUT2D eigenvalue weighted by molar-refractivity contribution is 0.373. The first-order valence-corrected chi connectivity index (χ1v) is 11.1. The smallest absolute Gasteiger partial charge is 0.141 e. The third-order valence-electron chi connectivity index (χ3n) is 6.14.